The molecule has 1 aromatic heterocycles. The summed E-state index contributed by atoms with van der Waals surface area (Å²) >= 11 is 1.51. The van der Waals surface area contributed by atoms with Crippen molar-refractivity contribution in [3.05, 3.63) is 48.7 Å². The van der Waals surface area contributed by atoms with Gasteiger partial charge in [0.05, 0.1) is 17.1 Å². The van der Waals surface area contributed by atoms with Crippen LogP contribution in [0.15, 0.2) is 53.6 Å². The summed E-state index contributed by atoms with van der Waals surface area (Å²) in [4.78, 5) is 34.0. The third-order valence-corrected chi connectivity index (χ3v) is 5.83. The fraction of sp³-hybridized carbons (Fsp3) is 0.435. The Hall–Kier alpha value is -2.74. The van der Waals surface area contributed by atoms with E-state index < -0.39 is 5.60 Å². The standard InChI is InChI=1S/C23H30N4O3S/c1-17(31-19-8-6-5-7-9-19)21(28)25-20-11-10-18(16-24-20)26-12-14-27(15-13-26)22(29)30-23(2,3)4/h5-11,16-17H,12-15H2,1-4H3,(H,24,25,28). The molecule has 1 aliphatic rings. The van der Waals surface area contributed by atoms with Crippen LogP contribution in [0.1, 0.15) is 27.7 Å². The minimum Gasteiger partial charge on any atom is -0.444 e. The van der Waals surface area contributed by atoms with Crippen molar-refractivity contribution in [3.8, 4) is 0 Å². The molecule has 2 heterocycles. The van der Waals surface area contributed by atoms with E-state index in [1.54, 1.807) is 11.1 Å². The first-order chi connectivity index (χ1) is 14.7. The predicted octanol–water partition coefficient (Wildman–Crippen LogP) is 4.26. The minimum absolute atomic E-state index is 0.0833. The van der Waals surface area contributed by atoms with Crippen molar-refractivity contribution in [2.45, 2.75) is 43.4 Å². The number of aromatic nitrogens is 1. The SMILES string of the molecule is CC(Sc1ccccc1)C(=O)Nc1ccc(N2CCN(C(=O)OC(C)(C)C)CC2)cn1. The van der Waals surface area contributed by atoms with Crippen molar-refractivity contribution in [1.29, 1.82) is 0 Å². The van der Waals surface area contributed by atoms with Crippen LogP contribution < -0.4 is 10.2 Å². The molecule has 3 rings (SSSR count). The molecule has 0 aliphatic carbocycles. The van der Waals surface area contributed by atoms with Gasteiger partial charge in [0.15, 0.2) is 0 Å². The number of nitrogens with one attached hydrogen (secondary N) is 1. The van der Waals surface area contributed by atoms with Crippen molar-refractivity contribution >= 4 is 35.3 Å². The molecular weight excluding hydrogens is 412 g/mol. The number of anilines is 2. The van der Waals surface area contributed by atoms with Gasteiger partial charge in [0.1, 0.15) is 11.4 Å². The molecule has 1 N–H and O–H groups in total. The Morgan fingerprint density at radius 3 is 2.32 bits per heavy atom. The Labute approximate surface area is 188 Å². The van der Waals surface area contributed by atoms with E-state index in [0.717, 1.165) is 10.6 Å². The van der Waals surface area contributed by atoms with Crippen LogP contribution in [0.2, 0.25) is 0 Å². The molecule has 0 saturated carbocycles. The lowest BCUT2D eigenvalue weighted by molar-refractivity contribution is -0.115. The Kier molecular flexibility index (Phi) is 7.43. The molecule has 1 unspecified atom stereocenters. The molecule has 1 aliphatic heterocycles. The number of hydrogen-bond acceptors (Lipinski definition) is 6. The van der Waals surface area contributed by atoms with E-state index in [4.69, 9.17) is 4.74 Å². The van der Waals surface area contributed by atoms with E-state index >= 15 is 0 Å². The number of ether oxygens (including phenoxy) is 1. The molecule has 166 valence electrons. The Morgan fingerprint density at radius 2 is 1.74 bits per heavy atom. The van der Waals surface area contributed by atoms with E-state index in [-0.39, 0.29) is 17.3 Å². The number of thioether (sulfide) groups is 1. The van der Waals surface area contributed by atoms with E-state index in [1.807, 2.05) is 70.2 Å². The van der Waals surface area contributed by atoms with Crippen LogP contribution in [0.4, 0.5) is 16.3 Å². The molecule has 7 nitrogen and oxygen atoms in total. The first-order valence-corrected chi connectivity index (χ1v) is 11.3. The van der Waals surface area contributed by atoms with Gasteiger partial charge in [-0.1, -0.05) is 18.2 Å². The van der Waals surface area contributed by atoms with Gasteiger partial charge >= 0.3 is 6.09 Å². The maximum absolute atomic E-state index is 12.5. The van der Waals surface area contributed by atoms with Crippen LogP contribution >= 0.6 is 11.8 Å². The van der Waals surface area contributed by atoms with Crippen molar-refractivity contribution in [1.82, 2.24) is 9.88 Å². The normalized spacial score (nSPS) is 15.4. The minimum atomic E-state index is -0.491. The van der Waals surface area contributed by atoms with Crippen molar-refractivity contribution in [2.24, 2.45) is 0 Å². The zero-order valence-corrected chi connectivity index (χ0v) is 19.3. The lowest BCUT2D eigenvalue weighted by Gasteiger charge is -2.36. The highest BCUT2D eigenvalue weighted by molar-refractivity contribution is 8.00. The number of rotatable bonds is 5. The number of benzene rings is 1. The Morgan fingerprint density at radius 1 is 1.06 bits per heavy atom. The topological polar surface area (TPSA) is 74.8 Å². The van der Waals surface area contributed by atoms with Crippen molar-refractivity contribution < 1.29 is 14.3 Å². The highest BCUT2D eigenvalue weighted by Crippen LogP contribution is 2.24. The average Bonchev–Trinajstić information content (AvgIpc) is 2.74. The van der Waals surface area contributed by atoms with Crippen LogP contribution in [0.3, 0.4) is 0 Å². The van der Waals surface area contributed by atoms with Gasteiger partial charge in [0.2, 0.25) is 5.91 Å². The van der Waals surface area contributed by atoms with Gasteiger partial charge in [-0.3, -0.25) is 4.79 Å². The van der Waals surface area contributed by atoms with Crippen LogP contribution in [0.5, 0.6) is 0 Å². The van der Waals surface area contributed by atoms with Crippen LogP contribution in [0, 0.1) is 0 Å². The van der Waals surface area contributed by atoms with Crippen LogP contribution in [-0.2, 0) is 9.53 Å². The Bertz CT molecular complexity index is 876. The second-order valence-corrected chi connectivity index (χ2v) is 9.83. The summed E-state index contributed by atoms with van der Waals surface area (Å²) in [5.41, 5.74) is 0.476. The number of carbonyl (C=O) groups excluding carboxylic acids is 2. The van der Waals surface area contributed by atoms with Gasteiger partial charge < -0.3 is 19.9 Å². The zero-order chi connectivity index (χ0) is 22.4. The highest BCUT2D eigenvalue weighted by atomic mass is 32.2. The first-order valence-electron chi connectivity index (χ1n) is 10.4. The van der Waals surface area contributed by atoms with Crippen molar-refractivity contribution in [3.63, 3.8) is 0 Å². The second-order valence-electron chi connectivity index (χ2n) is 8.42. The number of pyridine rings is 1. The van der Waals surface area contributed by atoms with E-state index in [9.17, 15) is 9.59 Å². The zero-order valence-electron chi connectivity index (χ0n) is 18.5. The summed E-state index contributed by atoms with van der Waals surface area (Å²) in [6, 6.07) is 13.6. The fourth-order valence-electron chi connectivity index (χ4n) is 3.11. The summed E-state index contributed by atoms with van der Waals surface area (Å²) in [7, 11) is 0. The van der Waals surface area contributed by atoms with E-state index in [2.05, 4.69) is 15.2 Å². The third-order valence-electron chi connectivity index (χ3n) is 4.72. The number of amides is 2. The van der Waals surface area contributed by atoms with Crippen molar-refractivity contribution in [2.75, 3.05) is 36.4 Å². The summed E-state index contributed by atoms with van der Waals surface area (Å²) < 4.78 is 5.44. The predicted molar refractivity (Wildman–Crippen MR) is 125 cm³/mol. The molecule has 31 heavy (non-hydrogen) atoms. The maximum atomic E-state index is 12.5. The fourth-order valence-corrected chi connectivity index (χ4v) is 3.99. The first kappa shape index (κ1) is 22.9. The summed E-state index contributed by atoms with van der Waals surface area (Å²) in [5.74, 6) is 0.446. The van der Waals surface area contributed by atoms with Gasteiger partial charge in [0, 0.05) is 31.1 Å². The van der Waals surface area contributed by atoms with Crippen LogP contribution in [0.25, 0.3) is 0 Å². The van der Waals surface area contributed by atoms with E-state index in [0.29, 0.717) is 32.0 Å². The number of piperazine rings is 1. The maximum Gasteiger partial charge on any atom is 0.410 e. The molecule has 8 heteroatoms. The lowest BCUT2D eigenvalue weighted by atomic mass is 10.2. The second kappa shape index (κ2) is 10.0. The summed E-state index contributed by atoms with van der Waals surface area (Å²) in [6.07, 6.45) is 1.49. The summed E-state index contributed by atoms with van der Waals surface area (Å²) in [5, 5.41) is 2.65. The van der Waals surface area contributed by atoms with Gasteiger partial charge in [-0.05, 0) is 52.0 Å². The van der Waals surface area contributed by atoms with Crippen LogP contribution in [-0.4, -0.2) is 58.9 Å². The molecule has 1 saturated heterocycles. The quantitative estimate of drug-likeness (QED) is 0.698. The Balaban J connectivity index is 1.49. The molecule has 1 aromatic carbocycles. The van der Waals surface area contributed by atoms with Gasteiger partial charge in [-0.25, -0.2) is 9.78 Å². The molecular formula is C23H30N4O3S. The summed E-state index contributed by atoms with van der Waals surface area (Å²) in [6.45, 7) is 10.1. The third kappa shape index (κ3) is 6.89. The molecule has 2 amide bonds. The van der Waals surface area contributed by atoms with Gasteiger partial charge in [-0.2, -0.15) is 0 Å². The number of nitrogens with zero attached hydrogens (tertiary/aromatic N) is 3. The lowest BCUT2D eigenvalue weighted by Crippen LogP contribution is -2.50. The monoisotopic (exact) mass is 442 g/mol. The molecule has 2 aromatic rings. The highest BCUT2D eigenvalue weighted by Gasteiger charge is 2.26. The molecule has 0 spiro atoms. The molecule has 0 bridgehead atoms. The molecule has 1 fully saturated rings. The van der Waals surface area contributed by atoms with Gasteiger partial charge in [0.25, 0.3) is 0 Å². The van der Waals surface area contributed by atoms with E-state index in [1.165, 1.54) is 11.8 Å². The number of hydrogen-bond donors (Lipinski definition) is 1. The molecule has 0 radical (unpaired) electrons. The smallest absolute Gasteiger partial charge is 0.410 e. The number of carbonyl (C=O) groups is 2. The molecule has 1 atom stereocenters. The van der Waals surface area contributed by atoms with Gasteiger partial charge in [-0.15, -0.1) is 11.8 Å². The average molecular weight is 443 g/mol. The largest absolute Gasteiger partial charge is 0.444 e.